The van der Waals surface area contributed by atoms with Crippen molar-refractivity contribution in [1.82, 2.24) is 9.78 Å². The Morgan fingerprint density at radius 3 is 2.75 bits per heavy atom. The number of nitrogens with zero attached hydrogens (tertiary/aromatic N) is 2. The summed E-state index contributed by atoms with van der Waals surface area (Å²) in [4.78, 5) is 11.8. The van der Waals surface area contributed by atoms with Crippen molar-refractivity contribution in [3.8, 4) is 0 Å². The van der Waals surface area contributed by atoms with Gasteiger partial charge in [0.05, 0.1) is 23.4 Å². The van der Waals surface area contributed by atoms with Gasteiger partial charge in [0.15, 0.2) is 0 Å². The van der Waals surface area contributed by atoms with Crippen LogP contribution in [0, 0.1) is 0 Å². The van der Waals surface area contributed by atoms with E-state index in [1.54, 1.807) is 0 Å². The zero-order chi connectivity index (χ0) is 11.7. The van der Waals surface area contributed by atoms with E-state index in [2.05, 4.69) is 5.10 Å². The molecule has 2 atom stereocenters. The lowest BCUT2D eigenvalue weighted by Gasteiger charge is -2.28. The van der Waals surface area contributed by atoms with Crippen LogP contribution in [0.4, 0.5) is 0 Å². The van der Waals surface area contributed by atoms with Crippen molar-refractivity contribution in [2.75, 3.05) is 0 Å². The molecule has 0 spiro atoms. The highest BCUT2D eigenvalue weighted by molar-refractivity contribution is 6.41. The minimum Gasteiger partial charge on any atom is -0.391 e. The van der Waals surface area contributed by atoms with Crippen molar-refractivity contribution < 1.29 is 5.11 Å². The average molecular weight is 263 g/mol. The predicted octanol–water partition coefficient (Wildman–Crippen LogP) is 2.03. The standard InChI is InChI=1S/C10H12Cl2N2O2/c11-6-5-13-14(10(16)9(6)12)7-3-1-2-4-8(7)15/h5,7-8,15H,1-4H2. The lowest BCUT2D eigenvalue weighted by atomic mass is 9.93. The average Bonchev–Trinajstić information content (AvgIpc) is 2.28. The number of aliphatic hydroxyl groups is 1. The second-order valence-corrected chi connectivity index (χ2v) is 4.76. The second kappa shape index (κ2) is 4.73. The molecule has 1 aromatic heterocycles. The lowest BCUT2D eigenvalue weighted by molar-refractivity contribution is 0.0669. The molecule has 1 aromatic rings. The van der Waals surface area contributed by atoms with Gasteiger partial charge in [-0.3, -0.25) is 4.79 Å². The Morgan fingerprint density at radius 1 is 1.38 bits per heavy atom. The quantitative estimate of drug-likeness (QED) is 0.843. The van der Waals surface area contributed by atoms with Gasteiger partial charge in [-0.25, -0.2) is 4.68 Å². The second-order valence-electron chi connectivity index (χ2n) is 3.98. The number of aliphatic hydroxyl groups excluding tert-OH is 1. The van der Waals surface area contributed by atoms with Crippen LogP contribution in [0.3, 0.4) is 0 Å². The van der Waals surface area contributed by atoms with E-state index in [9.17, 15) is 9.90 Å². The first-order chi connectivity index (χ1) is 7.61. The molecule has 0 aromatic carbocycles. The maximum absolute atomic E-state index is 11.8. The number of halogens is 2. The van der Waals surface area contributed by atoms with E-state index in [4.69, 9.17) is 23.2 Å². The monoisotopic (exact) mass is 262 g/mol. The summed E-state index contributed by atoms with van der Waals surface area (Å²) in [6, 6.07) is -0.281. The number of hydrogen-bond donors (Lipinski definition) is 1. The van der Waals surface area contributed by atoms with Crippen molar-refractivity contribution in [3.63, 3.8) is 0 Å². The Hall–Kier alpha value is -0.580. The van der Waals surface area contributed by atoms with E-state index in [-0.39, 0.29) is 16.1 Å². The molecule has 88 valence electrons. The zero-order valence-corrected chi connectivity index (χ0v) is 10.1. The Labute approximate surface area is 103 Å². The van der Waals surface area contributed by atoms with E-state index in [1.807, 2.05) is 0 Å². The number of rotatable bonds is 1. The third-order valence-corrected chi connectivity index (χ3v) is 3.66. The van der Waals surface area contributed by atoms with Gasteiger partial charge in [0.25, 0.3) is 5.56 Å². The fourth-order valence-corrected chi connectivity index (χ4v) is 2.30. The van der Waals surface area contributed by atoms with Gasteiger partial charge in [0.1, 0.15) is 5.02 Å². The van der Waals surface area contributed by atoms with Gasteiger partial charge >= 0.3 is 0 Å². The molecule has 1 aliphatic rings. The van der Waals surface area contributed by atoms with Crippen molar-refractivity contribution in [2.45, 2.75) is 37.8 Å². The maximum Gasteiger partial charge on any atom is 0.287 e. The van der Waals surface area contributed by atoms with Crippen LogP contribution in [0.1, 0.15) is 31.7 Å². The molecule has 0 amide bonds. The Balaban J connectivity index is 2.40. The molecule has 2 rings (SSSR count). The summed E-state index contributed by atoms with van der Waals surface area (Å²) in [5, 5.41) is 13.9. The first-order valence-electron chi connectivity index (χ1n) is 5.22. The van der Waals surface area contributed by atoms with Crippen LogP contribution in [0.25, 0.3) is 0 Å². The largest absolute Gasteiger partial charge is 0.391 e. The van der Waals surface area contributed by atoms with Gasteiger partial charge < -0.3 is 5.11 Å². The van der Waals surface area contributed by atoms with Gasteiger partial charge in [-0.1, -0.05) is 36.0 Å². The van der Waals surface area contributed by atoms with Crippen LogP contribution < -0.4 is 5.56 Å². The first kappa shape index (κ1) is 11.9. The lowest BCUT2D eigenvalue weighted by Crippen LogP contribution is -2.36. The highest BCUT2D eigenvalue weighted by Crippen LogP contribution is 2.27. The van der Waals surface area contributed by atoms with Crippen LogP contribution in [0.5, 0.6) is 0 Å². The minimum atomic E-state index is -0.531. The molecular formula is C10H12Cl2N2O2. The van der Waals surface area contributed by atoms with Gasteiger partial charge in [0, 0.05) is 0 Å². The topological polar surface area (TPSA) is 55.1 Å². The summed E-state index contributed by atoms with van der Waals surface area (Å²) in [6.45, 7) is 0. The minimum absolute atomic E-state index is 0.0329. The summed E-state index contributed by atoms with van der Waals surface area (Å²) >= 11 is 11.5. The highest BCUT2D eigenvalue weighted by atomic mass is 35.5. The van der Waals surface area contributed by atoms with Crippen molar-refractivity contribution >= 4 is 23.2 Å². The van der Waals surface area contributed by atoms with E-state index in [1.165, 1.54) is 10.9 Å². The van der Waals surface area contributed by atoms with Crippen LogP contribution in [0.2, 0.25) is 10.0 Å². The molecule has 0 saturated heterocycles. The SMILES string of the molecule is O=c1c(Cl)c(Cl)cnn1C1CCCCC1O. The molecule has 0 radical (unpaired) electrons. The maximum atomic E-state index is 11.8. The fourth-order valence-electron chi connectivity index (χ4n) is 2.04. The van der Waals surface area contributed by atoms with E-state index in [0.29, 0.717) is 6.42 Å². The Bertz CT molecular complexity index is 447. The van der Waals surface area contributed by atoms with Crippen molar-refractivity contribution in [1.29, 1.82) is 0 Å². The van der Waals surface area contributed by atoms with E-state index in [0.717, 1.165) is 19.3 Å². The molecule has 6 heteroatoms. The highest BCUT2D eigenvalue weighted by Gasteiger charge is 2.27. The fraction of sp³-hybridized carbons (Fsp3) is 0.600. The van der Waals surface area contributed by atoms with Crippen LogP contribution in [-0.4, -0.2) is 21.0 Å². The molecule has 1 N–H and O–H groups in total. The number of hydrogen-bond acceptors (Lipinski definition) is 3. The molecule has 1 fully saturated rings. The van der Waals surface area contributed by atoms with Gasteiger partial charge in [-0.05, 0) is 12.8 Å². The van der Waals surface area contributed by atoms with Crippen LogP contribution >= 0.6 is 23.2 Å². The van der Waals surface area contributed by atoms with E-state index >= 15 is 0 Å². The molecule has 16 heavy (non-hydrogen) atoms. The predicted molar refractivity (Wildman–Crippen MR) is 62.0 cm³/mol. The summed E-state index contributed by atoms with van der Waals surface area (Å²) in [6.07, 6.45) is 4.21. The Morgan fingerprint density at radius 2 is 2.06 bits per heavy atom. The Kier molecular flexibility index (Phi) is 3.52. The number of aromatic nitrogens is 2. The van der Waals surface area contributed by atoms with Gasteiger partial charge in [0.2, 0.25) is 0 Å². The summed E-state index contributed by atoms with van der Waals surface area (Å²) < 4.78 is 1.25. The molecule has 4 nitrogen and oxygen atoms in total. The molecule has 1 aliphatic carbocycles. The van der Waals surface area contributed by atoms with E-state index < -0.39 is 11.7 Å². The normalized spacial score (nSPS) is 25.7. The molecule has 0 bridgehead atoms. The molecule has 0 aliphatic heterocycles. The first-order valence-corrected chi connectivity index (χ1v) is 5.97. The molecule has 2 unspecified atom stereocenters. The molecular weight excluding hydrogens is 251 g/mol. The molecule has 1 heterocycles. The summed E-state index contributed by atoms with van der Waals surface area (Å²) in [5.41, 5.74) is -0.430. The molecule has 1 saturated carbocycles. The summed E-state index contributed by atoms with van der Waals surface area (Å²) in [7, 11) is 0. The third kappa shape index (κ3) is 2.10. The van der Waals surface area contributed by atoms with Crippen LogP contribution in [-0.2, 0) is 0 Å². The van der Waals surface area contributed by atoms with Gasteiger partial charge in [-0.2, -0.15) is 5.10 Å². The van der Waals surface area contributed by atoms with Crippen LogP contribution in [0.15, 0.2) is 11.0 Å². The zero-order valence-electron chi connectivity index (χ0n) is 8.57. The third-order valence-electron chi connectivity index (χ3n) is 2.91. The van der Waals surface area contributed by atoms with Crippen molar-refractivity contribution in [3.05, 3.63) is 26.6 Å². The van der Waals surface area contributed by atoms with Crippen molar-refractivity contribution in [2.24, 2.45) is 0 Å². The summed E-state index contributed by atoms with van der Waals surface area (Å²) in [5.74, 6) is 0. The smallest absolute Gasteiger partial charge is 0.287 e. The van der Waals surface area contributed by atoms with Gasteiger partial charge in [-0.15, -0.1) is 0 Å².